The second-order valence-electron chi connectivity index (χ2n) is 14.6. The lowest BCUT2D eigenvalue weighted by Crippen LogP contribution is -2.77. The standard InChI is InChI=1S/C39H50O7/c1-22(2)11-10-16-37(8)17-15-27-32(41)31-33(42)30-20-26-19-29(24(5)6)39(30,38(44-9,36(26)43)18-14-25(7)21-40)46-35(31)28(34(27)45-37)13-12-23(3)4/h11-12,14-15,17,20-21,24,26,29,36,41,43H,10,13,16,18-19H2,1-9H3/b25-14-/t26-,29-,36-,37+,38-,39?/m0/s1. The van der Waals surface area contributed by atoms with E-state index in [2.05, 4.69) is 39.8 Å². The summed E-state index contributed by atoms with van der Waals surface area (Å²) in [6.45, 7) is 16.1. The molecule has 0 aromatic heterocycles. The van der Waals surface area contributed by atoms with Crippen LogP contribution >= 0.6 is 0 Å². The molecule has 0 saturated heterocycles. The molecule has 0 radical (unpaired) electrons. The van der Waals surface area contributed by atoms with Crippen LogP contribution in [0.1, 0.15) is 103 Å². The van der Waals surface area contributed by atoms with Crippen LogP contribution in [0.15, 0.2) is 52.7 Å². The molecule has 46 heavy (non-hydrogen) atoms. The first-order valence-corrected chi connectivity index (χ1v) is 16.5. The Bertz CT molecular complexity index is 1580. The van der Waals surface area contributed by atoms with Crippen LogP contribution in [0.3, 0.4) is 0 Å². The Labute approximate surface area is 273 Å². The van der Waals surface area contributed by atoms with Gasteiger partial charge in [-0.25, -0.2) is 0 Å². The zero-order valence-corrected chi connectivity index (χ0v) is 28.8. The van der Waals surface area contributed by atoms with Crippen LogP contribution in [0.5, 0.6) is 17.2 Å². The van der Waals surface area contributed by atoms with Crippen molar-refractivity contribution in [2.75, 3.05) is 7.11 Å². The van der Waals surface area contributed by atoms with Crippen molar-refractivity contribution in [1.82, 2.24) is 0 Å². The first-order chi connectivity index (χ1) is 21.7. The number of aromatic hydroxyl groups is 1. The number of aliphatic hydroxyl groups excluding tert-OH is 1. The number of hydrogen-bond donors (Lipinski definition) is 2. The Morgan fingerprint density at radius 2 is 1.78 bits per heavy atom. The number of carbonyl (C=O) groups excluding carboxylic acids is 2. The molecule has 1 fully saturated rings. The van der Waals surface area contributed by atoms with Crippen molar-refractivity contribution in [3.63, 3.8) is 0 Å². The van der Waals surface area contributed by atoms with Crippen molar-refractivity contribution in [2.24, 2.45) is 17.8 Å². The number of fused-ring (bicyclic) bond motifs is 4. The summed E-state index contributed by atoms with van der Waals surface area (Å²) < 4.78 is 20.4. The molecule has 7 heteroatoms. The molecule has 1 aromatic rings. The number of phenolic OH excluding ortho intramolecular Hbond substituents is 1. The third kappa shape index (κ3) is 5.20. The summed E-state index contributed by atoms with van der Waals surface area (Å²) in [5.74, 6) is -0.233. The third-order valence-corrected chi connectivity index (χ3v) is 10.5. The summed E-state index contributed by atoms with van der Waals surface area (Å²) in [5.41, 5.74) is 1.08. The molecule has 2 aliphatic heterocycles. The van der Waals surface area contributed by atoms with Gasteiger partial charge < -0.3 is 24.4 Å². The summed E-state index contributed by atoms with van der Waals surface area (Å²) in [6, 6.07) is 0. The number of Topliss-reactive ketones (excluding diaryl/α,β-unsaturated/α-hetero) is 1. The van der Waals surface area contributed by atoms with Crippen molar-refractivity contribution in [1.29, 1.82) is 0 Å². The fraction of sp³-hybridized carbons (Fsp3) is 0.538. The number of benzene rings is 1. The number of phenols is 1. The number of hydrogen-bond acceptors (Lipinski definition) is 7. The van der Waals surface area contributed by atoms with Gasteiger partial charge in [0, 0.05) is 36.5 Å². The third-order valence-electron chi connectivity index (χ3n) is 10.5. The maximum atomic E-state index is 14.8. The van der Waals surface area contributed by atoms with Crippen LogP contribution in [0, 0.1) is 17.8 Å². The Hall–Kier alpha value is -3.42. The molecule has 7 nitrogen and oxygen atoms in total. The summed E-state index contributed by atoms with van der Waals surface area (Å²) in [5, 5.41) is 23.8. The number of rotatable bonds is 10. The summed E-state index contributed by atoms with van der Waals surface area (Å²) in [7, 11) is 1.54. The van der Waals surface area contributed by atoms with Crippen molar-refractivity contribution >= 4 is 18.1 Å². The SMILES string of the molecule is CO[C@@]1(C/C=C(/C)C=O)[C@@H](O)[C@@H]2C=C3C(=O)c4c(O)c5c(c(CC=C(C)C)c4OC31[C@H](C(C)C)C2)O[C@](C)(CCC=C(C)C)C=C5. The Balaban J connectivity index is 1.79. The molecule has 5 aliphatic rings. The first kappa shape index (κ1) is 33.9. The van der Waals surface area contributed by atoms with E-state index >= 15 is 0 Å². The van der Waals surface area contributed by atoms with Crippen molar-refractivity contribution in [2.45, 2.75) is 110 Å². The summed E-state index contributed by atoms with van der Waals surface area (Å²) in [6.07, 6.45) is 14.2. The second kappa shape index (κ2) is 12.3. The average molecular weight is 631 g/mol. The molecule has 1 spiro atoms. The van der Waals surface area contributed by atoms with Gasteiger partial charge in [0.1, 0.15) is 40.3 Å². The zero-order chi connectivity index (χ0) is 33.8. The van der Waals surface area contributed by atoms with E-state index in [0.717, 1.165) is 24.7 Å². The van der Waals surface area contributed by atoms with Gasteiger partial charge >= 0.3 is 0 Å². The Morgan fingerprint density at radius 1 is 1.09 bits per heavy atom. The molecule has 3 aliphatic carbocycles. The van der Waals surface area contributed by atoms with Gasteiger partial charge in [-0.15, -0.1) is 0 Å². The van der Waals surface area contributed by atoms with Gasteiger partial charge in [0.2, 0.25) is 0 Å². The monoisotopic (exact) mass is 630 g/mol. The smallest absolute Gasteiger partial charge is 0.200 e. The lowest BCUT2D eigenvalue weighted by molar-refractivity contribution is -0.255. The highest BCUT2D eigenvalue weighted by atomic mass is 16.6. The fourth-order valence-corrected chi connectivity index (χ4v) is 8.04. The van der Waals surface area contributed by atoms with Gasteiger partial charge in [0.05, 0.1) is 11.7 Å². The lowest BCUT2D eigenvalue weighted by Gasteiger charge is -2.65. The molecular formula is C39H50O7. The van der Waals surface area contributed by atoms with E-state index in [1.54, 1.807) is 20.1 Å². The van der Waals surface area contributed by atoms with Gasteiger partial charge in [-0.2, -0.15) is 0 Å². The lowest BCUT2D eigenvalue weighted by atomic mass is 9.48. The Morgan fingerprint density at radius 3 is 2.39 bits per heavy atom. The van der Waals surface area contributed by atoms with Gasteiger partial charge in [0.25, 0.3) is 0 Å². The number of methoxy groups -OCH3 is 1. The molecule has 1 saturated carbocycles. The van der Waals surface area contributed by atoms with Crippen LogP contribution in [0.25, 0.3) is 6.08 Å². The quantitative estimate of drug-likeness (QED) is 0.156. The highest BCUT2D eigenvalue weighted by molar-refractivity contribution is 6.16. The normalized spacial score (nSPS) is 30.8. The van der Waals surface area contributed by atoms with E-state index in [1.165, 1.54) is 5.57 Å². The summed E-state index contributed by atoms with van der Waals surface area (Å²) in [4.78, 5) is 26.5. The molecule has 0 amide bonds. The number of aliphatic hydroxyl groups is 1. The number of carbonyl (C=O) groups is 2. The van der Waals surface area contributed by atoms with E-state index in [1.807, 2.05) is 39.0 Å². The maximum absolute atomic E-state index is 14.8. The highest BCUT2D eigenvalue weighted by Gasteiger charge is 2.73. The topological polar surface area (TPSA) is 102 Å². The van der Waals surface area contributed by atoms with Gasteiger partial charge in [-0.05, 0) is 90.9 Å². The molecule has 248 valence electrons. The van der Waals surface area contributed by atoms with Crippen molar-refractivity contribution < 1.29 is 34.0 Å². The van der Waals surface area contributed by atoms with Gasteiger partial charge in [0.15, 0.2) is 11.4 Å². The maximum Gasteiger partial charge on any atom is 0.200 e. The first-order valence-electron chi connectivity index (χ1n) is 16.5. The average Bonchev–Trinajstić information content (AvgIpc) is 2.99. The minimum Gasteiger partial charge on any atom is -0.506 e. The predicted octanol–water partition coefficient (Wildman–Crippen LogP) is 7.64. The fourth-order valence-electron chi connectivity index (χ4n) is 8.04. The Kier molecular flexibility index (Phi) is 9.08. The minimum atomic E-state index is -1.38. The zero-order valence-electron chi connectivity index (χ0n) is 28.8. The number of ether oxygens (including phenoxy) is 3. The van der Waals surface area contributed by atoms with Crippen LogP contribution < -0.4 is 9.47 Å². The molecular weight excluding hydrogens is 580 g/mol. The van der Waals surface area contributed by atoms with Gasteiger partial charge in [-0.1, -0.05) is 49.3 Å². The largest absolute Gasteiger partial charge is 0.506 e. The van der Waals surface area contributed by atoms with Gasteiger partial charge in [-0.3, -0.25) is 9.59 Å². The molecule has 1 aromatic carbocycles. The van der Waals surface area contributed by atoms with Crippen LogP contribution in [-0.2, 0) is 16.0 Å². The summed E-state index contributed by atoms with van der Waals surface area (Å²) >= 11 is 0. The predicted molar refractivity (Wildman–Crippen MR) is 180 cm³/mol. The molecule has 6 atom stereocenters. The van der Waals surface area contributed by atoms with Crippen LogP contribution in [0.4, 0.5) is 0 Å². The van der Waals surface area contributed by atoms with Crippen molar-refractivity contribution in [3.05, 3.63) is 69.4 Å². The number of allylic oxidation sites excluding steroid dienone is 5. The van der Waals surface area contributed by atoms with E-state index in [4.69, 9.17) is 14.2 Å². The molecule has 2 bridgehead atoms. The van der Waals surface area contributed by atoms with Crippen LogP contribution in [-0.4, -0.2) is 52.3 Å². The van der Waals surface area contributed by atoms with E-state index in [9.17, 15) is 19.8 Å². The minimum absolute atomic E-state index is 0.0590. The van der Waals surface area contributed by atoms with E-state index in [-0.39, 0.29) is 47.0 Å². The van der Waals surface area contributed by atoms with E-state index < -0.39 is 22.9 Å². The van der Waals surface area contributed by atoms with E-state index in [0.29, 0.717) is 40.9 Å². The molecule has 1 unspecified atom stereocenters. The van der Waals surface area contributed by atoms with Crippen LogP contribution in [0.2, 0.25) is 0 Å². The van der Waals surface area contributed by atoms with Crippen molar-refractivity contribution in [3.8, 4) is 17.2 Å². The number of aldehydes is 1. The highest BCUT2D eigenvalue weighted by Crippen LogP contribution is 2.64. The number of ketones is 1. The molecule has 2 N–H and O–H groups in total. The molecule has 6 rings (SSSR count). The molecule has 2 heterocycles. The second-order valence-corrected chi connectivity index (χ2v) is 14.6.